The van der Waals surface area contributed by atoms with Crippen LogP contribution in [0.1, 0.15) is 33.0 Å². The lowest BCUT2D eigenvalue weighted by Gasteiger charge is -2.18. The lowest BCUT2D eigenvalue weighted by atomic mass is 9.96. The molecule has 0 spiro atoms. The van der Waals surface area contributed by atoms with Crippen LogP contribution >= 0.6 is 0 Å². The molecule has 0 aromatic carbocycles. The summed E-state index contributed by atoms with van der Waals surface area (Å²) in [7, 11) is 1.66. The van der Waals surface area contributed by atoms with Gasteiger partial charge in [0.2, 0.25) is 0 Å². The van der Waals surface area contributed by atoms with E-state index in [-0.39, 0.29) is 5.41 Å². The molecule has 0 unspecified atom stereocenters. The topological polar surface area (TPSA) is 82.3 Å². The van der Waals surface area contributed by atoms with Crippen LogP contribution in [0.5, 0.6) is 0 Å². The molecule has 3 N–H and O–H groups in total. The summed E-state index contributed by atoms with van der Waals surface area (Å²) in [5, 5.41) is 3.25. The van der Waals surface area contributed by atoms with E-state index in [1.54, 1.807) is 13.2 Å². The number of methoxy groups -OCH3 is 1. The van der Waals surface area contributed by atoms with Crippen molar-refractivity contribution in [3.8, 4) is 0 Å². The molecule has 0 saturated carbocycles. The average Bonchev–Trinajstić information content (AvgIpc) is 2.36. The molecule has 0 saturated heterocycles. The molecule has 6 heteroatoms. The van der Waals surface area contributed by atoms with Gasteiger partial charge in [-0.3, -0.25) is 0 Å². The number of hydrogen-bond donors (Lipinski definition) is 2. The minimum atomic E-state index is -0.116. The normalized spacial score (nSPS) is 11.6. The van der Waals surface area contributed by atoms with Gasteiger partial charge in [0.25, 0.3) is 0 Å². The van der Waals surface area contributed by atoms with Crippen LogP contribution in [0.4, 0.5) is 11.6 Å². The number of nitrogens with one attached hydrogen (secondary N) is 1. The zero-order chi connectivity index (χ0) is 15.0. The highest BCUT2D eigenvalue weighted by Gasteiger charge is 2.18. The summed E-state index contributed by atoms with van der Waals surface area (Å²) in [4.78, 5) is 8.76. The third kappa shape index (κ3) is 6.16. The Morgan fingerprint density at radius 3 is 2.60 bits per heavy atom. The fourth-order valence-electron chi connectivity index (χ4n) is 1.53. The maximum Gasteiger partial charge on any atom is 0.138 e. The summed E-state index contributed by atoms with van der Waals surface area (Å²) in [6.45, 7) is 8.94. The molecule has 0 aliphatic rings. The standard InChI is InChI=1S/C14H26N4O2/c1-14(2,3)13-17-11(15)10-12(18-13)16-6-5-7-20-9-8-19-4/h10H,5-9H2,1-4H3,(H3,15,16,17,18). The van der Waals surface area contributed by atoms with Gasteiger partial charge in [0.15, 0.2) is 0 Å². The minimum absolute atomic E-state index is 0.116. The summed E-state index contributed by atoms with van der Waals surface area (Å²) in [5.74, 6) is 2.00. The molecule has 0 radical (unpaired) electrons. The Labute approximate surface area is 121 Å². The van der Waals surface area contributed by atoms with Crippen LogP contribution in [0.3, 0.4) is 0 Å². The molecular formula is C14H26N4O2. The molecule has 20 heavy (non-hydrogen) atoms. The van der Waals surface area contributed by atoms with Crippen molar-refractivity contribution in [2.24, 2.45) is 0 Å². The van der Waals surface area contributed by atoms with E-state index in [1.165, 1.54) is 0 Å². The fourth-order valence-corrected chi connectivity index (χ4v) is 1.53. The maximum absolute atomic E-state index is 5.81. The predicted octanol–water partition coefficient (Wildman–Crippen LogP) is 1.82. The van der Waals surface area contributed by atoms with Crippen LogP contribution in [0.25, 0.3) is 0 Å². The van der Waals surface area contributed by atoms with E-state index in [0.29, 0.717) is 25.6 Å². The number of hydrogen-bond acceptors (Lipinski definition) is 6. The molecule has 0 bridgehead atoms. The van der Waals surface area contributed by atoms with E-state index in [1.807, 2.05) is 0 Å². The van der Waals surface area contributed by atoms with Gasteiger partial charge in [-0.25, -0.2) is 9.97 Å². The number of nitrogens with two attached hydrogens (primary N) is 1. The van der Waals surface area contributed by atoms with Crippen molar-refractivity contribution in [3.05, 3.63) is 11.9 Å². The molecule has 6 nitrogen and oxygen atoms in total. The number of anilines is 2. The largest absolute Gasteiger partial charge is 0.384 e. The molecule has 1 aromatic rings. The fraction of sp³-hybridized carbons (Fsp3) is 0.714. The quantitative estimate of drug-likeness (QED) is 0.708. The monoisotopic (exact) mass is 282 g/mol. The second kappa shape index (κ2) is 8.01. The second-order valence-electron chi connectivity index (χ2n) is 5.64. The van der Waals surface area contributed by atoms with E-state index in [9.17, 15) is 0 Å². The molecule has 0 aliphatic heterocycles. The summed E-state index contributed by atoms with van der Waals surface area (Å²) in [5.41, 5.74) is 5.70. The van der Waals surface area contributed by atoms with Crippen molar-refractivity contribution in [1.82, 2.24) is 9.97 Å². The number of ether oxygens (including phenoxy) is 2. The molecule has 1 heterocycles. The number of nitrogens with zero attached hydrogens (tertiary/aromatic N) is 2. The van der Waals surface area contributed by atoms with Crippen LogP contribution in [0, 0.1) is 0 Å². The van der Waals surface area contributed by atoms with Gasteiger partial charge in [-0.2, -0.15) is 0 Å². The number of rotatable bonds is 8. The Morgan fingerprint density at radius 2 is 1.95 bits per heavy atom. The van der Waals surface area contributed by atoms with Gasteiger partial charge < -0.3 is 20.5 Å². The molecule has 1 aromatic heterocycles. The van der Waals surface area contributed by atoms with Gasteiger partial charge >= 0.3 is 0 Å². The third-order valence-electron chi connectivity index (χ3n) is 2.62. The van der Waals surface area contributed by atoms with Gasteiger partial charge in [-0.1, -0.05) is 20.8 Å². The van der Waals surface area contributed by atoms with Crippen molar-refractivity contribution < 1.29 is 9.47 Å². The predicted molar refractivity (Wildman–Crippen MR) is 80.9 cm³/mol. The Hall–Kier alpha value is -1.40. The minimum Gasteiger partial charge on any atom is -0.384 e. The average molecular weight is 282 g/mol. The molecule has 0 fully saturated rings. The zero-order valence-corrected chi connectivity index (χ0v) is 12.9. The molecule has 0 aliphatic carbocycles. The van der Waals surface area contributed by atoms with Crippen LogP contribution in [0.2, 0.25) is 0 Å². The zero-order valence-electron chi connectivity index (χ0n) is 12.9. The molecule has 114 valence electrons. The highest BCUT2D eigenvalue weighted by molar-refractivity contribution is 5.45. The van der Waals surface area contributed by atoms with Crippen LogP contribution in [0.15, 0.2) is 6.07 Å². The lowest BCUT2D eigenvalue weighted by Crippen LogP contribution is -2.18. The Bertz CT molecular complexity index is 405. The molecule has 0 atom stereocenters. The van der Waals surface area contributed by atoms with E-state index < -0.39 is 0 Å². The second-order valence-corrected chi connectivity index (χ2v) is 5.64. The first-order chi connectivity index (χ1) is 9.43. The van der Waals surface area contributed by atoms with E-state index in [2.05, 4.69) is 36.1 Å². The summed E-state index contributed by atoms with van der Waals surface area (Å²) in [6, 6.07) is 1.75. The van der Waals surface area contributed by atoms with E-state index in [4.69, 9.17) is 15.2 Å². The van der Waals surface area contributed by atoms with Crippen LogP contribution in [-0.4, -0.2) is 43.4 Å². The van der Waals surface area contributed by atoms with Crippen molar-refractivity contribution in [2.45, 2.75) is 32.6 Å². The molecular weight excluding hydrogens is 256 g/mol. The van der Waals surface area contributed by atoms with Crippen molar-refractivity contribution >= 4 is 11.6 Å². The number of nitrogen functional groups attached to an aromatic ring is 1. The number of aromatic nitrogens is 2. The molecule has 1 rings (SSSR count). The Kier molecular flexibility index (Phi) is 6.67. The van der Waals surface area contributed by atoms with Gasteiger partial charge in [-0.05, 0) is 6.42 Å². The van der Waals surface area contributed by atoms with Gasteiger partial charge in [-0.15, -0.1) is 0 Å². The summed E-state index contributed by atoms with van der Waals surface area (Å²) >= 11 is 0. The van der Waals surface area contributed by atoms with E-state index >= 15 is 0 Å². The smallest absolute Gasteiger partial charge is 0.138 e. The van der Waals surface area contributed by atoms with Gasteiger partial charge in [0, 0.05) is 31.7 Å². The lowest BCUT2D eigenvalue weighted by molar-refractivity contribution is 0.0705. The highest BCUT2D eigenvalue weighted by Crippen LogP contribution is 2.21. The maximum atomic E-state index is 5.81. The van der Waals surface area contributed by atoms with Crippen LogP contribution in [-0.2, 0) is 14.9 Å². The first-order valence-electron chi connectivity index (χ1n) is 6.89. The summed E-state index contributed by atoms with van der Waals surface area (Å²) in [6.07, 6.45) is 0.901. The Morgan fingerprint density at radius 1 is 1.20 bits per heavy atom. The first-order valence-corrected chi connectivity index (χ1v) is 6.89. The van der Waals surface area contributed by atoms with Crippen molar-refractivity contribution in [2.75, 3.05) is 44.5 Å². The Balaban J connectivity index is 2.39. The van der Waals surface area contributed by atoms with Crippen molar-refractivity contribution in [1.29, 1.82) is 0 Å². The SMILES string of the molecule is COCCOCCCNc1cc(N)nc(C(C)(C)C)n1. The van der Waals surface area contributed by atoms with Crippen molar-refractivity contribution in [3.63, 3.8) is 0 Å². The van der Waals surface area contributed by atoms with Gasteiger partial charge in [0.05, 0.1) is 13.2 Å². The van der Waals surface area contributed by atoms with Gasteiger partial charge in [0.1, 0.15) is 17.5 Å². The molecule has 0 amide bonds. The highest BCUT2D eigenvalue weighted by atomic mass is 16.5. The van der Waals surface area contributed by atoms with E-state index in [0.717, 1.165) is 24.6 Å². The summed E-state index contributed by atoms with van der Waals surface area (Å²) < 4.78 is 10.3. The first kappa shape index (κ1) is 16.7. The van der Waals surface area contributed by atoms with Crippen LogP contribution < -0.4 is 11.1 Å². The third-order valence-corrected chi connectivity index (χ3v) is 2.62.